The molecule has 0 radical (unpaired) electrons. The molecule has 2 aromatic heterocycles. The van der Waals surface area contributed by atoms with Crippen LogP contribution in [0.15, 0.2) is 40.1 Å². The summed E-state index contributed by atoms with van der Waals surface area (Å²) in [6, 6.07) is 2.29. The molecule has 0 amide bonds. The van der Waals surface area contributed by atoms with Gasteiger partial charge in [0.15, 0.2) is 0 Å². The standard InChI is InChI=1S/C10H2O6.C6H16N2/c11-7-3-1-4-6(10(14)16-8(4)12)2-5(3)9(13)15-7;7-5-3-1-2-4-6-8/h1-2H;1-8H2. The number of nitrogens with two attached hydrogens (primary N) is 2. The molecule has 0 aliphatic rings. The van der Waals surface area contributed by atoms with E-state index in [9.17, 15) is 19.2 Å². The molecule has 0 fully saturated rings. The van der Waals surface area contributed by atoms with Crippen LogP contribution in [0, 0.1) is 0 Å². The molecule has 3 rings (SSSR count). The molecule has 24 heavy (non-hydrogen) atoms. The van der Waals surface area contributed by atoms with Gasteiger partial charge in [-0.2, -0.15) is 0 Å². The molecular weight excluding hydrogens is 316 g/mol. The zero-order valence-corrected chi connectivity index (χ0v) is 13.0. The van der Waals surface area contributed by atoms with Crippen LogP contribution >= 0.6 is 0 Å². The molecule has 2 heterocycles. The van der Waals surface area contributed by atoms with Gasteiger partial charge in [-0.25, -0.2) is 19.2 Å². The zero-order chi connectivity index (χ0) is 17.7. The second kappa shape index (κ2) is 7.80. The Morgan fingerprint density at radius 3 is 1.12 bits per heavy atom. The maximum atomic E-state index is 11.2. The Morgan fingerprint density at radius 2 is 0.875 bits per heavy atom. The largest absolute Gasteiger partial charge is 0.386 e. The van der Waals surface area contributed by atoms with E-state index in [-0.39, 0.29) is 21.5 Å². The van der Waals surface area contributed by atoms with Crippen LogP contribution in [0.5, 0.6) is 0 Å². The van der Waals surface area contributed by atoms with E-state index in [2.05, 4.69) is 8.83 Å². The van der Waals surface area contributed by atoms with Crippen LogP contribution in [0.3, 0.4) is 0 Å². The third-order valence-electron chi connectivity index (χ3n) is 3.57. The van der Waals surface area contributed by atoms with Crippen LogP contribution in [0.2, 0.25) is 0 Å². The number of benzene rings is 1. The lowest BCUT2D eigenvalue weighted by Crippen LogP contribution is -2.00. The van der Waals surface area contributed by atoms with E-state index >= 15 is 0 Å². The van der Waals surface area contributed by atoms with Crippen molar-refractivity contribution in [2.24, 2.45) is 11.5 Å². The van der Waals surface area contributed by atoms with Crippen molar-refractivity contribution < 1.29 is 8.83 Å². The van der Waals surface area contributed by atoms with Crippen LogP contribution in [-0.2, 0) is 0 Å². The maximum Gasteiger partial charge on any atom is 0.346 e. The van der Waals surface area contributed by atoms with Gasteiger partial charge in [0.1, 0.15) is 0 Å². The first-order chi connectivity index (χ1) is 11.5. The molecule has 8 heteroatoms. The molecule has 1 aromatic carbocycles. The fourth-order valence-corrected chi connectivity index (χ4v) is 2.31. The van der Waals surface area contributed by atoms with Crippen LogP contribution in [-0.4, -0.2) is 13.1 Å². The second-order valence-electron chi connectivity index (χ2n) is 5.29. The molecule has 8 nitrogen and oxygen atoms in total. The van der Waals surface area contributed by atoms with E-state index in [1.807, 2.05) is 0 Å². The number of hydrogen-bond donors (Lipinski definition) is 2. The fraction of sp³-hybridized carbons (Fsp3) is 0.375. The smallest absolute Gasteiger partial charge is 0.346 e. The number of hydrogen-bond acceptors (Lipinski definition) is 8. The van der Waals surface area contributed by atoms with E-state index in [1.165, 1.54) is 12.8 Å². The first-order valence-corrected chi connectivity index (χ1v) is 7.60. The Balaban J connectivity index is 0.000000224. The van der Waals surface area contributed by atoms with Crippen molar-refractivity contribution in [3.05, 3.63) is 53.8 Å². The number of rotatable bonds is 5. The van der Waals surface area contributed by atoms with Gasteiger partial charge in [0.05, 0.1) is 21.5 Å². The van der Waals surface area contributed by atoms with Gasteiger partial charge in [-0.1, -0.05) is 12.8 Å². The first kappa shape index (κ1) is 17.8. The molecule has 0 aliphatic carbocycles. The Labute approximate surface area is 135 Å². The van der Waals surface area contributed by atoms with Crippen molar-refractivity contribution in [3.8, 4) is 0 Å². The zero-order valence-electron chi connectivity index (χ0n) is 13.0. The highest BCUT2D eigenvalue weighted by Gasteiger charge is 2.15. The summed E-state index contributed by atoms with van der Waals surface area (Å²) in [5.41, 5.74) is 7.26. The number of furan rings is 2. The van der Waals surface area contributed by atoms with E-state index in [0.29, 0.717) is 0 Å². The Morgan fingerprint density at radius 1 is 0.583 bits per heavy atom. The van der Waals surface area contributed by atoms with Gasteiger partial charge in [0.25, 0.3) is 0 Å². The van der Waals surface area contributed by atoms with Crippen LogP contribution in [0.1, 0.15) is 25.7 Å². The molecule has 0 spiro atoms. The minimum absolute atomic E-state index is 0.0181. The van der Waals surface area contributed by atoms with E-state index in [1.54, 1.807) is 0 Å². The van der Waals surface area contributed by atoms with Crippen molar-refractivity contribution in [1.82, 2.24) is 0 Å². The third kappa shape index (κ3) is 3.66. The average molecular weight is 334 g/mol. The second-order valence-corrected chi connectivity index (χ2v) is 5.29. The van der Waals surface area contributed by atoms with Crippen LogP contribution in [0.25, 0.3) is 21.5 Å². The molecule has 0 unspecified atom stereocenters. The lowest BCUT2D eigenvalue weighted by Gasteiger charge is -1.94. The van der Waals surface area contributed by atoms with E-state index in [4.69, 9.17) is 11.5 Å². The normalized spacial score (nSPS) is 10.9. The summed E-state index contributed by atoms with van der Waals surface area (Å²) in [5, 5.41) is -0.0726. The predicted octanol–water partition coefficient (Wildman–Crippen LogP) is -0.0404. The quantitative estimate of drug-likeness (QED) is 0.618. The molecule has 0 aliphatic heterocycles. The summed E-state index contributed by atoms with van der Waals surface area (Å²) >= 11 is 0. The lowest BCUT2D eigenvalue weighted by atomic mass is 10.1. The lowest BCUT2D eigenvalue weighted by molar-refractivity contribution is 0.498. The maximum absolute atomic E-state index is 11.2. The molecule has 0 bridgehead atoms. The molecule has 3 aromatic rings. The van der Waals surface area contributed by atoms with Gasteiger partial charge in [0, 0.05) is 0 Å². The van der Waals surface area contributed by atoms with Gasteiger partial charge >= 0.3 is 22.5 Å². The summed E-state index contributed by atoms with van der Waals surface area (Å²) < 4.78 is 8.68. The van der Waals surface area contributed by atoms with Crippen LogP contribution < -0.4 is 34.0 Å². The van der Waals surface area contributed by atoms with Crippen LogP contribution in [0.4, 0.5) is 0 Å². The molecule has 0 atom stereocenters. The summed E-state index contributed by atoms with van der Waals surface area (Å²) in [6.45, 7) is 1.65. The van der Waals surface area contributed by atoms with E-state index < -0.39 is 22.5 Å². The summed E-state index contributed by atoms with van der Waals surface area (Å²) in [5.74, 6) is 0. The van der Waals surface area contributed by atoms with Crippen molar-refractivity contribution in [3.63, 3.8) is 0 Å². The topological polar surface area (TPSA) is 147 Å². The van der Waals surface area contributed by atoms with Gasteiger partial charge < -0.3 is 20.3 Å². The molecular formula is C16H18N2O6. The average Bonchev–Trinajstić information content (AvgIpc) is 3.00. The molecule has 128 valence electrons. The Bertz CT molecular complexity index is 870. The van der Waals surface area contributed by atoms with Gasteiger partial charge in [-0.15, -0.1) is 0 Å². The van der Waals surface area contributed by atoms with Crippen molar-refractivity contribution in [1.29, 1.82) is 0 Å². The third-order valence-corrected chi connectivity index (χ3v) is 3.57. The van der Waals surface area contributed by atoms with E-state index in [0.717, 1.165) is 38.1 Å². The highest BCUT2D eigenvalue weighted by molar-refractivity contribution is 5.96. The fourth-order valence-electron chi connectivity index (χ4n) is 2.31. The highest BCUT2D eigenvalue weighted by Crippen LogP contribution is 2.13. The minimum atomic E-state index is -0.824. The van der Waals surface area contributed by atoms with Crippen molar-refractivity contribution in [2.45, 2.75) is 25.7 Å². The molecule has 0 saturated heterocycles. The monoisotopic (exact) mass is 334 g/mol. The minimum Gasteiger partial charge on any atom is -0.386 e. The Kier molecular flexibility index (Phi) is 5.78. The number of unbranched alkanes of at least 4 members (excludes halogenated alkanes) is 3. The van der Waals surface area contributed by atoms with Gasteiger partial charge in [0.2, 0.25) is 0 Å². The number of fused-ring (bicyclic) bond motifs is 2. The van der Waals surface area contributed by atoms with Gasteiger partial charge in [-0.3, -0.25) is 0 Å². The summed E-state index contributed by atoms with van der Waals surface area (Å²) in [6.07, 6.45) is 4.79. The van der Waals surface area contributed by atoms with Crippen molar-refractivity contribution >= 4 is 21.5 Å². The summed E-state index contributed by atoms with van der Waals surface area (Å²) in [7, 11) is 0. The summed E-state index contributed by atoms with van der Waals surface area (Å²) in [4.78, 5) is 44.7. The molecule has 4 N–H and O–H groups in total. The van der Waals surface area contributed by atoms with Gasteiger partial charge in [-0.05, 0) is 38.1 Å². The first-order valence-electron chi connectivity index (χ1n) is 7.60. The Hall–Kier alpha value is -2.58. The van der Waals surface area contributed by atoms with Crippen molar-refractivity contribution in [2.75, 3.05) is 13.1 Å². The highest BCUT2D eigenvalue weighted by atomic mass is 16.4. The molecule has 0 saturated carbocycles. The predicted molar refractivity (Wildman–Crippen MR) is 90.0 cm³/mol. The SMILES string of the molecule is NCCCCCCN.O=c1oc(=O)c2cc3c(=O)oc(=O)c3cc12.